The number of nitriles is 4. The van der Waals surface area contributed by atoms with Crippen LogP contribution in [0.1, 0.15) is 0 Å². The molecule has 20 heavy (non-hydrogen) atoms. The van der Waals surface area contributed by atoms with Crippen LogP contribution < -0.4 is 10.8 Å². The summed E-state index contributed by atoms with van der Waals surface area (Å²) in [5.41, 5.74) is 0.558. The van der Waals surface area contributed by atoms with Gasteiger partial charge >= 0.3 is 0 Å². The first-order valence-corrected chi connectivity index (χ1v) is 5.28. The molecule has 0 aromatic carbocycles. The minimum Gasteiger partial charge on any atom is -0.451 e. The van der Waals surface area contributed by atoms with E-state index in [-0.39, 0.29) is 22.0 Å². The molecule has 0 radical (unpaired) electrons. The van der Waals surface area contributed by atoms with Crippen molar-refractivity contribution in [3.8, 4) is 24.3 Å². The third-order valence-electron chi connectivity index (χ3n) is 2.39. The lowest BCUT2D eigenvalue weighted by Gasteiger charge is -1.78. The zero-order valence-electron chi connectivity index (χ0n) is 9.91. The molecule has 0 unspecified atom stereocenters. The van der Waals surface area contributed by atoms with Crippen LogP contribution in [-0.4, -0.2) is 0 Å². The third kappa shape index (κ3) is 2.14. The summed E-state index contributed by atoms with van der Waals surface area (Å²) in [6, 6.07) is 12.9. The van der Waals surface area contributed by atoms with Crippen molar-refractivity contribution in [1.82, 2.24) is 0 Å². The zero-order chi connectivity index (χ0) is 14.5. The van der Waals surface area contributed by atoms with E-state index in [0.29, 0.717) is 10.8 Å². The third-order valence-corrected chi connectivity index (χ3v) is 2.39. The second kappa shape index (κ2) is 5.27. The minimum absolute atomic E-state index is 0.132. The van der Waals surface area contributed by atoms with Gasteiger partial charge in [-0.1, -0.05) is 0 Å². The van der Waals surface area contributed by atoms with Crippen molar-refractivity contribution in [2.45, 2.75) is 0 Å². The summed E-state index contributed by atoms with van der Waals surface area (Å²) in [5, 5.41) is 34.9. The highest BCUT2D eigenvalue weighted by molar-refractivity contribution is 5.71. The van der Waals surface area contributed by atoms with Crippen molar-refractivity contribution in [1.29, 1.82) is 21.0 Å². The van der Waals surface area contributed by atoms with Crippen LogP contribution in [0.4, 0.5) is 0 Å². The maximum absolute atomic E-state index is 8.73. The Bertz CT molecular complexity index is 925. The number of rotatable bonds is 0. The number of nitrogens with zero attached hydrogens (tertiary/aromatic N) is 4. The van der Waals surface area contributed by atoms with Crippen molar-refractivity contribution >= 4 is 11.1 Å². The smallest absolute Gasteiger partial charge is 0.172 e. The summed E-state index contributed by atoms with van der Waals surface area (Å²) >= 11 is 0. The molecule has 2 heterocycles. The number of hydrogen-bond acceptors (Lipinski definition) is 6. The van der Waals surface area contributed by atoms with E-state index in [1.54, 1.807) is 24.3 Å². The molecule has 0 fully saturated rings. The lowest BCUT2D eigenvalue weighted by atomic mass is 10.3. The highest BCUT2D eigenvalue weighted by atomic mass is 16.4. The van der Waals surface area contributed by atoms with Gasteiger partial charge in [0.2, 0.25) is 0 Å². The quantitative estimate of drug-likeness (QED) is 0.681. The SMILES string of the molecule is N#CC(C#N)=c1cc/c(=c2\ccc(=C(C#N)C#N)o2)o1. The molecule has 0 saturated carbocycles. The average molecular weight is 260 g/mol. The van der Waals surface area contributed by atoms with Gasteiger partial charge in [-0.05, 0) is 24.3 Å². The summed E-state index contributed by atoms with van der Waals surface area (Å²) in [7, 11) is 0. The first-order valence-electron chi connectivity index (χ1n) is 5.28. The van der Waals surface area contributed by atoms with Gasteiger partial charge in [-0.3, -0.25) is 0 Å². The molecule has 0 aliphatic heterocycles. The highest BCUT2D eigenvalue weighted by Gasteiger charge is 2.01. The van der Waals surface area contributed by atoms with Crippen LogP contribution in [0.2, 0.25) is 0 Å². The van der Waals surface area contributed by atoms with E-state index in [9.17, 15) is 0 Å². The Hall–Kier alpha value is -3.74. The number of hydrogen-bond donors (Lipinski definition) is 0. The van der Waals surface area contributed by atoms with E-state index < -0.39 is 0 Å². The van der Waals surface area contributed by atoms with E-state index >= 15 is 0 Å². The van der Waals surface area contributed by atoms with Gasteiger partial charge in [-0.15, -0.1) is 0 Å². The van der Waals surface area contributed by atoms with Gasteiger partial charge in [0.15, 0.2) is 32.8 Å². The van der Waals surface area contributed by atoms with Gasteiger partial charge in [0.1, 0.15) is 24.3 Å². The first-order chi connectivity index (χ1) is 9.73. The molecule has 92 valence electrons. The molecule has 0 aliphatic rings. The Balaban J connectivity index is 2.84. The van der Waals surface area contributed by atoms with E-state index in [1.165, 1.54) is 24.3 Å². The normalized spacial score (nSPS) is 10.6. The zero-order valence-corrected chi connectivity index (χ0v) is 9.91. The molecule has 6 heteroatoms. The van der Waals surface area contributed by atoms with Crippen molar-refractivity contribution in [2.75, 3.05) is 0 Å². The van der Waals surface area contributed by atoms with E-state index in [0.717, 1.165) is 0 Å². The lowest BCUT2D eigenvalue weighted by Crippen LogP contribution is -1.98. The van der Waals surface area contributed by atoms with Gasteiger partial charge in [0, 0.05) is 0 Å². The van der Waals surface area contributed by atoms with E-state index in [1.807, 2.05) is 0 Å². The Morgan fingerprint density at radius 1 is 0.650 bits per heavy atom. The van der Waals surface area contributed by atoms with Crippen LogP contribution >= 0.6 is 0 Å². The van der Waals surface area contributed by atoms with Crippen molar-refractivity contribution in [2.24, 2.45) is 0 Å². The molecule has 0 N–H and O–H groups in total. The highest BCUT2D eigenvalue weighted by Crippen LogP contribution is 1.97. The molecular formula is C14H4N4O2. The van der Waals surface area contributed by atoms with Crippen molar-refractivity contribution < 1.29 is 8.83 Å². The molecule has 2 aromatic rings. The first kappa shape index (κ1) is 12.7. The summed E-state index contributed by atoms with van der Waals surface area (Å²) < 4.78 is 10.6. The molecule has 0 amide bonds. The molecule has 2 rings (SSSR count). The van der Waals surface area contributed by atoms with E-state index in [4.69, 9.17) is 29.9 Å². The van der Waals surface area contributed by atoms with Gasteiger partial charge in [0.25, 0.3) is 0 Å². The predicted octanol–water partition coefficient (Wildman–Crippen LogP) is 0.555. The summed E-state index contributed by atoms with van der Waals surface area (Å²) in [5.74, 6) is 0. The van der Waals surface area contributed by atoms with E-state index in [2.05, 4.69) is 0 Å². The fourth-order valence-corrected chi connectivity index (χ4v) is 1.48. The largest absolute Gasteiger partial charge is 0.451 e. The predicted molar refractivity (Wildman–Crippen MR) is 63.6 cm³/mol. The van der Waals surface area contributed by atoms with Gasteiger partial charge in [-0.2, -0.15) is 21.0 Å². The molecule has 0 aliphatic carbocycles. The Morgan fingerprint density at radius 2 is 1.00 bits per heavy atom. The van der Waals surface area contributed by atoms with Crippen LogP contribution in [0.5, 0.6) is 0 Å². The molecular weight excluding hydrogens is 256 g/mol. The Morgan fingerprint density at radius 3 is 1.30 bits per heavy atom. The second-order valence-electron chi connectivity index (χ2n) is 3.53. The topological polar surface area (TPSA) is 121 Å². The Labute approximate surface area is 112 Å². The van der Waals surface area contributed by atoms with Gasteiger partial charge < -0.3 is 8.83 Å². The summed E-state index contributed by atoms with van der Waals surface area (Å²) in [4.78, 5) is 0. The summed E-state index contributed by atoms with van der Waals surface area (Å²) in [6.45, 7) is 0. The molecule has 6 nitrogen and oxygen atoms in total. The molecule has 0 atom stereocenters. The average Bonchev–Trinajstić information content (AvgIpc) is 3.11. The van der Waals surface area contributed by atoms with Crippen molar-refractivity contribution in [3.05, 3.63) is 45.9 Å². The van der Waals surface area contributed by atoms with Crippen LogP contribution in [0.25, 0.3) is 11.1 Å². The fraction of sp³-hybridized carbons (Fsp3) is 0. The van der Waals surface area contributed by atoms with Crippen LogP contribution in [0.15, 0.2) is 33.1 Å². The Kier molecular flexibility index (Phi) is 3.35. The molecule has 0 saturated heterocycles. The summed E-state index contributed by atoms with van der Waals surface area (Å²) in [6.07, 6.45) is 0. The monoisotopic (exact) mass is 260 g/mol. The molecule has 0 bridgehead atoms. The maximum Gasteiger partial charge on any atom is 0.172 e. The molecule has 0 spiro atoms. The maximum atomic E-state index is 8.73. The van der Waals surface area contributed by atoms with Gasteiger partial charge in [-0.25, -0.2) is 0 Å². The number of furan rings is 2. The minimum atomic E-state index is -0.149. The molecule has 2 aromatic heterocycles. The fourth-order valence-electron chi connectivity index (χ4n) is 1.48. The lowest BCUT2D eigenvalue weighted by molar-refractivity contribution is 0.448. The van der Waals surface area contributed by atoms with Gasteiger partial charge in [0.05, 0.1) is 0 Å². The second-order valence-corrected chi connectivity index (χ2v) is 3.53. The van der Waals surface area contributed by atoms with Crippen LogP contribution in [0.3, 0.4) is 0 Å². The standard InChI is InChI=1S/C14H4N4O2/c15-5-9(6-16)11-1-3-13(19-11)14-4-2-12(20-14)10(7-17)8-18/h1-4H/b14-13-. The van der Waals surface area contributed by atoms with Crippen LogP contribution in [-0.2, 0) is 0 Å². The van der Waals surface area contributed by atoms with Crippen molar-refractivity contribution in [3.63, 3.8) is 0 Å². The van der Waals surface area contributed by atoms with Crippen LogP contribution in [0, 0.1) is 56.2 Å².